The lowest BCUT2D eigenvalue weighted by atomic mass is 10.0. The minimum atomic E-state index is -1.75. The second-order valence-electron chi connectivity index (χ2n) is 11.7. The molecule has 39 heavy (non-hydrogen) atoms. The van der Waals surface area contributed by atoms with E-state index in [4.69, 9.17) is 31.3 Å². The molecule has 0 aliphatic rings. The number of unbranched alkanes of at least 4 members (excludes halogenated alkanes) is 15. The number of nitrogens with zero attached hydrogens (tertiary/aromatic N) is 3. The summed E-state index contributed by atoms with van der Waals surface area (Å²) in [5, 5.41) is 31.8. The van der Waals surface area contributed by atoms with E-state index in [0.717, 1.165) is 41.6 Å². The number of likely N-dealkylation sites (N-methyl/N-ethyl adjacent to an activating group) is 2. The van der Waals surface area contributed by atoms with Crippen LogP contribution in [0.25, 0.3) is 5.73 Å². The molecule has 240 valence electrons. The van der Waals surface area contributed by atoms with E-state index in [2.05, 4.69) is 49.0 Å². The minimum absolute atomic E-state index is 0.292. The van der Waals surface area contributed by atoms with Gasteiger partial charge in [0.05, 0.1) is 59.6 Å². The van der Waals surface area contributed by atoms with Crippen LogP contribution >= 0.6 is 0 Å². The Morgan fingerprint density at radius 2 is 0.795 bits per heavy atom. The van der Waals surface area contributed by atoms with E-state index in [1.807, 2.05) is 0 Å². The van der Waals surface area contributed by atoms with Crippen molar-refractivity contribution in [2.75, 3.05) is 74.1 Å². The number of hydrogen-bond acceptors (Lipinski definition) is 5. The van der Waals surface area contributed by atoms with Gasteiger partial charge in [-0.3, -0.25) is 0 Å². The molecule has 0 rings (SSSR count). The Morgan fingerprint density at radius 3 is 0.949 bits per heavy atom. The molecule has 0 unspecified atom stereocenters. The zero-order chi connectivity index (χ0) is 30.8. The summed E-state index contributed by atoms with van der Waals surface area (Å²) in [5.74, 6) is 0. The van der Waals surface area contributed by atoms with Gasteiger partial charge < -0.3 is 40.2 Å². The van der Waals surface area contributed by atoms with Crippen LogP contribution in [0.15, 0.2) is 0 Å². The van der Waals surface area contributed by atoms with Crippen LogP contribution in [0.3, 0.4) is 0 Å². The number of aliphatic hydroxyl groups excluding tert-OH is 2. The molecule has 0 aromatic carbocycles. The molecular formula is C30H70N4O5. The molecule has 0 saturated heterocycles. The van der Waals surface area contributed by atoms with Crippen molar-refractivity contribution in [1.29, 1.82) is 0 Å². The van der Waals surface area contributed by atoms with Crippen molar-refractivity contribution >= 4 is 0 Å². The zero-order valence-electron chi connectivity index (χ0n) is 27.2. The fourth-order valence-electron chi connectivity index (χ4n) is 3.53. The molecule has 0 spiro atoms. The number of aliphatic hydroxyl groups is 2. The molecule has 9 heteroatoms. The first kappa shape index (κ1) is 45.0. The maximum Gasteiger partial charge on any atom is 0.102 e. The Labute approximate surface area is 243 Å². The summed E-state index contributed by atoms with van der Waals surface area (Å²) in [6.45, 7) is 11.6. The maximum atomic E-state index is 8.52. The van der Waals surface area contributed by atoms with Gasteiger partial charge in [-0.2, -0.15) is 6.54 Å². The molecule has 0 aliphatic heterocycles. The highest BCUT2D eigenvalue weighted by Crippen LogP contribution is 2.13. The van der Waals surface area contributed by atoms with Crippen molar-refractivity contribution in [2.24, 2.45) is 0 Å². The topological polar surface area (TPSA) is 130 Å². The molecule has 0 radical (unpaired) electrons. The lowest BCUT2D eigenvalue weighted by Crippen LogP contribution is -2.41. The van der Waals surface area contributed by atoms with Crippen molar-refractivity contribution in [2.45, 2.75) is 124 Å². The van der Waals surface area contributed by atoms with Crippen LogP contribution in [-0.4, -0.2) is 98.4 Å². The maximum absolute atomic E-state index is 8.52. The van der Waals surface area contributed by atoms with Crippen LogP contribution in [0.5, 0.6) is 0 Å². The van der Waals surface area contributed by atoms with Gasteiger partial charge in [0.1, 0.15) is 13.1 Å². The van der Waals surface area contributed by atoms with E-state index in [0.29, 0.717) is 19.8 Å². The predicted octanol–water partition coefficient (Wildman–Crippen LogP) is 7.21. The molecule has 0 aliphatic carbocycles. The van der Waals surface area contributed by atoms with Crippen molar-refractivity contribution in [3.63, 3.8) is 0 Å². The van der Waals surface area contributed by atoms with Gasteiger partial charge in [-0.1, -0.05) is 110 Å². The first-order valence-electron chi connectivity index (χ1n) is 15.7. The Hall–Kier alpha value is -1.00. The molecule has 9 nitrogen and oxygen atoms in total. The molecule has 0 aromatic heterocycles. The van der Waals surface area contributed by atoms with Crippen LogP contribution in [0.4, 0.5) is 0 Å². The smallest absolute Gasteiger partial charge is 0.102 e. The number of hydrogen-bond donors (Lipinski definition) is 2. The van der Waals surface area contributed by atoms with Crippen LogP contribution in [0.1, 0.15) is 124 Å². The van der Waals surface area contributed by atoms with Gasteiger partial charge >= 0.3 is 0 Å². The molecule has 3 N–H and O–H groups in total. The summed E-state index contributed by atoms with van der Waals surface area (Å²) in [7, 11) is 8.43. The van der Waals surface area contributed by atoms with Crippen LogP contribution in [0, 0.1) is 15.3 Å². The fourth-order valence-corrected chi connectivity index (χ4v) is 3.53. The van der Waals surface area contributed by atoms with Crippen LogP contribution in [-0.2, 0) is 0 Å². The molecular weight excluding hydrogens is 496 g/mol. The Morgan fingerprint density at radius 1 is 0.564 bits per heavy atom. The van der Waals surface area contributed by atoms with E-state index in [9.17, 15) is 0 Å². The Balaban J connectivity index is -0.000000252. The normalized spacial score (nSPS) is 10.9. The van der Waals surface area contributed by atoms with E-state index in [-0.39, 0.29) is 0 Å². The highest BCUT2D eigenvalue weighted by Gasteiger charge is 2.09. The average molecular weight is 567 g/mol. The van der Waals surface area contributed by atoms with Crippen molar-refractivity contribution in [1.82, 2.24) is 0 Å². The summed E-state index contributed by atoms with van der Waals surface area (Å²) >= 11 is 0. The third-order valence-electron chi connectivity index (χ3n) is 7.15. The number of nitrogens with one attached hydrogen (secondary N) is 1. The molecule has 0 heterocycles. The van der Waals surface area contributed by atoms with E-state index in [1.54, 1.807) is 0 Å². The first-order chi connectivity index (χ1) is 18.4. The second-order valence-corrected chi connectivity index (χ2v) is 11.7. The lowest BCUT2D eigenvalue weighted by molar-refractivity contribution is -0.888. The Kier molecular flexibility index (Phi) is 40.4. The molecule has 0 aromatic rings. The van der Waals surface area contributed by atoms with Crippen LogP contribution < -0.4 is 0 Å². The Bertz CT molecular complexity index is 429. The monoisotopic (exact) mass is 567 g/mol. The minimum Gasteiger partial charge on any atom is -0.677 e. The lowest BCUT2D eigenvalue weighted by Gasteiger charge is -2.26. The summed E-state index contributed by atoms with van der Waals surface area (Å²) in [4.78, 5) is 8.25. The second kappa shape index (κ2) is 35.0. The van der Waals surface area contributed by atoms with Gasteiger partial charge in [-0.15, -0.1) is 0 Å². The third-order valence-corrected chi connectivity index (χ3v) is 7.15. The summed E-state index contributed by atoms with van der Waals surface area (Å²) in [6.07, 6.45) is 22.5. The van der Waals surface area contributed by atoms with Gasteiger partial charge in [-0.25, -0.2) is 0 Å². The third kappa shape index (κ3) is 53.9. The number of quaternary nitrogens is 2. The van der Waals surface area contributed by atoms with E-state index >= 15 is 0 Å². The standard InChI is InChI=1S/C18H38N.2C6H16NO.NO3/c1-2-3-4-5-6-7-8-9-10-11-12-13-14-15-16-17-18-19;2*1-4-7(2,3)5-6-8;2-1(3)4/h19H,2-18H2,1H3;2*8H,4-6H2,1-3H3;/q-1;2*+1;-1. The quantitative estimate of drug-likeness (QED) is 0.0618. The van der Waals surface area contributed by atoms with E-state index < -0.39 is 5.09 Å². The van der Waals surface area contributed by atoms with Crippen molar-refractivity contribution in [3.05, 3.63) is 21.1 Å². The highest BCUT2D eigenvalue weighted by molar-refractivity contribution is 4.53. The molecule has 0 amide bonds. The van der Waals surface area contributed by atoms with Gasteiger partial charge in [0, 0.05) is 0 Å². The van der Waals surface area contributed by atoms with E-state index in [1.165, 1.54) is 96.3 Å². The van der Waals surface area contributed by atoms with Crippen molar-refractivity contribution in [3.8, 4) is 0 Å². The SMILES string of the molecule is CCCCCCCCCCCCCCCCCC[NH-].CC[N+](C)(C)CCO.CC[N+](C)(C)CCO.O=[N+]([O-])[O-]. The summed E-state index contributed by atoms with van der Waals surface area (Å²) in [6, 6.07) is 0. The zero-order valence-corrected chi connectivity index (χ0v) is 27.2. The molecule has 0 saturated carbocycles. The average Bonchev–Trinajstić information content (AvgIpc) is 2.87. The van der Waals surface area contributed by atoms with Gasteiger partial charge in [-0.05, 0) is 13.8 Å². The fraction of sp³-hybridized carbons (Fsp3) is 1.00. The highest BCUT2D eigenvalue weighted by atomic mass is 16.9. The van der Waals surface area contributed by atoms with Gasteiger partial charge in [0.15, 0.2) is 0 Å². The predicted molar refractivity (Wildman–Crippen MR) is 168 cm³/mol. The molecule has 0 bridgehead atoms. The summed E-state index contributed by atoms with van der Waals surface area (Å²) < 4.78 is 1.83. The largest absolute Gasteiger partial charge is 0.677 e. The number of rotatable bonds is 22. The first-order valence-corrected chi connectivity index (χ1v) is 15.7. The van der Waals surface area contributed by atoms with Gasteiger partial charge in [0.2, 0.25) is 0 Å². The van der Waals surface area contributed by atoms with Crippen molar-refractivity contribution < 1.29 is 24.3 Å². The van der Waals surface area contributed by atoms with Gasteiger partial charge in [0.25, 0.3) is 0 Å². The molecule has 0 fully saturated rings. The van der Waals surface area contributed by atoms with Crippen LogP contribution in [0.2, 0.25) is 0 Å². The summed E-state index contributed by atoms with van der Waals surface area (Å²) in [5.41, 5.74) is 7.08. The molecule has 0 atom stereocenters.